The van der Waals surface area contributed by atoms with Crippen molar-refractivity contribution in [2.75, 3.05) is 6.61 Å². The molecule has 0 bridgehead atoms. The molecule has 2 fully saturated rings. The molecule has 0 unspecified atom stereocenters. The van der Waals surface area contributed by atoms with Gasteiger partial charge >= 0.3 is 6.03 Å². The lowest BCUT2D eigenvalue weighted by molar-refractivity contribution is -0.132. The summed E-state index contributed by atoms with van der Waals surface area (Å²) in [5.74, 6) is 0.284. The van der Waals surface area contributed by atoms with Crippen molar-refractivity contribution in [2.24, 2.45) is 5.10 Å². The van der Waals surface area contributed by atoms with Crippen LogP contribution in [0.5, 0.6) is 5.75 Å². The van der Waals surface area contributed by atoms with Crippen molar-refractivity contribution >= 4 is 47.4 Å². The van der Waals surface area contributed by atoms with Crippen LogP contribution in [0.4, 0.5) is 4.79 Å². The number of nitrogens with zero attached hydrogens (tertiary/aromatic N) is 2. The van der Waals surface area contributed by atoms with E-state index in [2.05, 4.69) is 10.4 Å². The fraction of sp³-hybridized carbons (Fsp3) is 0.389. The summed E-state index contributed by atoms with van der Waals surface area (Å²) in [6.07, 6.45) is 7.58. The van der Waals surface area contributed by atoms with Crippen molar-refractivity contribution in [3.63, 3.8) is 0 Å². The Morgan fingerprint density at radius 2 is 1.96 bits per heavy atom. The van der Waals surface area contributed by atoms with Crippen LogP contribution in [-0.4, -0.2) is 35.3 Å². The Morgan fingerprint density at radius 3 is 2.73 bits per heavy atom. The van der Waals surface area contributed by atoms with E-state index in [1.807, 2.05) is 6.08 Å². The van der Waals surface area contributed by atoms with Gasteiger partial charge in [-0.25, -0.2) is 4.79 Å². The van der Waals surface area contributed by atoms with Gasteiger partial charge in [-0.15, -0.1) is 5.01 Å². The van der Waals surface area contributed by atoms with Gasteiger partial charge < -0.3 is 10.1 Å². The highest BCUT2D eigenvalue weighted by Gasteiger charge is 2.51. The van der Waals surface area contributed by atoms with E-state index in [1.165, 1.54) is 6.21 Å². The molecular formula is C18H17Cl2N3O3. The fourth-order valence-corrected chi connectivity index (χ4v) is 4.21. The Hall–Kier alpha value is -2.05. The maximum atomic E-state index is 12.7. The molecule has 1 N–H and O–H groups in total. The lowest BCUT2D eigenvalue weighted by Crippen LogP contribution is -2.48. The van der Waals surface area contributed by atoms with Gasteiger partial charge in [0.1, 0.15) is 17.9 Å². The number of amides is 3. The van der Waals surface area contributed by atoms with Crippen molar-refractivity contribution in [2.45, 2.75) is 37.6 Å². The lowest BCUT2D eigenvalue weighted by Gasteiger charge is -2.29. The van der Waals surface area contributed by atoms with Crippen molar-refractivity contribution < 1.29 is 14.3 Å². The minimum absolute atomic E-state index is 0.243. The zero-order valence-electron chi connectivity index (χ0n) is 13.9. The van der Waals surface area contributed by atoms with Gasteiger partial charge in [-0.1, -0.05) is 42.5 Å². The summed E-state index contributed by atoms with van der Waals surface area (Å²) in [6.45, 7) is 0.243. The summed E-state index contributed by atoms with van der Waals surface area (Å²) < 4.78 is 5.65. The number of ether oxygens (including phenoxy) is 1. The van der Waals surface area contributed by atoms with E-state index in [9.17, 15) is 9.59 Å². The normalized spacial score (nSPS) is 21.6. The van der Waals surface area contributed by atoms with Gasteiger partial charge in [0.15, 0.2) is 0 Å². The van der Waals surface area contributed by atoms with Crippen LogP contribution in [-0.2, 0) is 4.79 Å². The molecule has 1 saturated heterocycles. The Morgan fingerprint density at radius 1 is 1.19 bits per heavy atom. The van der Waals surface area contributed by atoms with Gasteiger partial charge in [0.25, 0.3) is 5.91 Å². The van der Waals surface area contributed by atoms with E-state index in [1.54, 1.807) is 12.1 Å². The number of carbonyl (C=O) groups excluding carboxylic acids is 2. The average molecular weight is 394 g/mol. The molecule has 2 heterocycles. The predicted molar refractivity (Wildman–Crippen MR) is 99.6 cm³/mol. The molecule has 0 radical (unpaired) electrons. The molecule has 4 rings (SSSR count). The summed E-state index contributed by atoms with van der Waals surface area (Å²) in [5.41, 5.74) is 0.662. The molecule has 0 atom stereocenters. The number of halogens is 2. The van der Waals surface area contributed by atoms with Crippen LogP contribution in [0.25, 0.3) is 6.08 Å². The molecule has 1 aromatic carbocycles. The maximum absolute atomic E-state index is 12.7. The first-order valence-corrected chi connectivity index (χ1v) is 9.27. The molecular weight excluding hydrogens is 377 g/mol. The first kappa shape index (κ1) is 17.4. The second-order valence-electron chi connectivity index (χ2n) is 6.75. The zero-order valence-corrected chi connectivity index (χ0v) is 15.4. The monoisotopic (exact) mass is 393 g/mol. The number of carbonyl (C=O) groups is 2. The van der Waals surface area contributed by atoms with Gasteiger partial charge in [-0.2, -0.15) is 5.10 Å². The van der Waals surface area contributed by atoms with Gasteiger partial charge in [0.05, 0.1) is 11.2 Å². The SMILES string of the molecule is O=C1NC2(CCCCC2)C(=O)N1/N=C/C1=Cc2cc(Cl)cc(Cl)c2OC1. The van der Waals surface area contributed by atoms with Gasteiger partial charge in [0, 0.05) is 16.2 Å². The molecule has 1 aromatic rings. The summed E-state index contributed by atoms with van der Waals surface area (Å²) in [7, 11) is 0. The Kier molecular flexibility index (Phi) is 4.40. The Bertz CT molecular complexity index is 844. The fourth-order valence-electron chi connectivity index (χ4n) is 3.65. The van der Waals surface area contributed by atoms with Gasteiger partial charge in [-0.3, -0.25) is 4.79 Å². The van der Waals surface area contributed by atoms with E-state index < -0.39 is 11.6 Å². The summed E-state index contributed by atoms with van der Waals surface area (Å²) in [6, 6.07) is 2.88. The van der Waals surface area contributed by atoms with Crippen LogP contribution in [0.1, 0.15) is 37.7 Å². The van der Waals surface area contributed by atoms with Crippen molar-refractivity contribution in [1.29, 1.82) is 0 Å². The van der Waals surface area contributed by atoms with Crippen LogP contribution in [0, 0.1) is 0 Å². The summed E-state index contributed by atoms with van der Waals surface area (Å²) in [4.78, 5) is 24.9. The molecule has 3 amide bonds. The molecule has 1 aliphatic carbocycles. The summed E-state index contributed by atoms with van der Waals surface area (Å²) >= 11 is 12.1. The van der Waals surface area contributed by atoms with Crippen LogP contribution in [0.15, 0.2) is 22.8 Å². The highest BCUT2D eigenvalue weighted by molar-refractivity contribution is 6.36. The quantitative estimate of drug-likeness (QED) is 0.609. The minimum atomic E-state index is -0.780. The molecule has 8 heteroatoms. The first-order chi connectivity index (χ1) is 12.5. The van der Waals surface area contributed by atoms with E-state index >= 15 is 0 Å². The zero-order chi connectivity index (χ0) is 18.3. The molecule has 26 heavy (non-hydrogen) atoms. The number of urea groups is 1. The number of rotatable bonds is 2. The van der Waals surface area contributed by atoms with Crippen molar-refractivity contribution in [1.82, 2.24) is 10.3 Å². The third-order valence-corrected chi connectivity index (χ3v) is 5.45. The molecule has 6 nitrogen and oxygen atoms in total. The maximum Gasteiger partial charge on any atom is 0.346 e. The van der Waals surface area contributed by atoms with Crippen molar-refractivity contribution in [3.05, 3.63) is 33.3 Å². The molecule has 1 spiro atoms. The number of benzene rings is 1. The van der Waals surface area contributed by atoms with Crippen LogP contribution in [0.3, 0.4) is 0 Å². The predicted octanol–water partition coefficient (Wildman–Crippen LogP) is 4.01. The number of fused-ring (bicyclic) bond motifs is 1. The van der Waals surface area contributed by atoms with E-state index in [0.29, 0.717) is 34.2 Å². The largest absolute Gasteiger partial charge is 0.487 e. The van der Waals surface area contributed by atoms with E-state index in [0.717, 1.165) is 29.8 Å². The summed E-state index contributed by atoms with van der Waals surface area (Å²) in [5, 5.41) is 8.80. The molecule has 136 valence electrons. The second-order valence-corrected chi connectivity index (χ2v) is 7.59. The third kappa shape index (κ3) is 2.97. The Labute approximate surface area is 160 Å². The molecule has 2 aliphatic heterocycles. The number of imide groups is 1. The topological polar surface area (TPSA) is 71.0 Å². The number of hydrazone groups is 1. The number of hydrogen-bond donors (Lipinski definition) is 1. The van der Waals surface area contributed by atoms with Crippen LogP contribution < -0.4 is 10.1 Å². The highest BCUT2D eigenvalue weighted by Crippen LogP contribution is 2.36. The molecule has 1 saturated carbocycles. The minimum Gasteiger partial charge on any atom is -0.487 e. The lowest BCUT2D eigenvalue weighted by atomic mass is 9.82. The van der Waals surface area contributed by atoms with Crippen LogP contribution >= 0.6 is 23.2 Å². The third-order valence-electron chi connectivity index (χ3n) is 4.95. The Balaban J connectivity index is 1.56. The number of hydrogen-bond acceptors (Lipinski definition) is 4. The van der Waals surface area contributed by atoms with Crippen LogP contribution in [0.2, 0.25) is 10.0 Å². The molecule has 0 aromatic heterocycles. The van der Waals surface area contributed by atoms with E-state index in [4.69, 9.17) is 27.9 Å². The average Bonchev–Trinajstić information content (AvgIpc) is 2.83. The number of nitrogens with one attached hydrogen (secondary N) is 1. The smallest absolute Gasteiger partial charge is 0.346 e. The van der Waals surface area contributed by atoms with Gasteiger partial charge in [-0.05, 0) is 31.1 Å². The van der Waals surface area contributed by atoms with Crippen molar-refractivity contribution in [3.8, 4) is 5.75 Å². The van der Waals surface area contributed by atoms with Gasteiger partial charge in [0.2, 0.25) is 0 Å². The molecule has 3 aliphatic rings. The highest BCUT2D eigenvalue weighted by atomic mass is 35.5. The standard InChI is InChI=1S/C18H17Cl2N3O3/c19-13-7-12-6-11(10-26-15(12)14(20)8-13)9-21-23-16(24)18(22-17(23)25)4-2-1-3-5-18/h6-9H,1-5,10H2,(H,22,25)/b21-9+. The van der Waals surface area contributed by atoms with E-state index in [-0.39, 0.29) is 12.5 Å². The first-order valence-electron chi connectivity index (χ1n) is 8.52. The second kappa shape index (κ2) is 6.59.